The summed E-state index contributed by atoms with van der Waals surface area (Å²) in [5.41, 5.74) is 1.56. The maximum absolute atomic E-state index is 13.3. The Balaban J connectivity index is 1.41. The summed E-state index contributed by atoms with van der Waals surface area (Å²) in [5.74, 6) is 0.321. The maximum Gasteiger partial charge on any atom is 0.233 e. The summed E-state index contributed by atoms with van der Waals surface area (Å²) in [6, 6.07) is 13.8. The molecular weight excluding hydrogens is 447 g/mol. The maximum atomic E-state index is 13.3. The van der Waals surface area contributed by atoms with E-state index in [1.165, 1.54) is 35.2 Å². The van der Waals surface area contributed by atoms with Crippen molar-refractivity contribution in [1.29, 1.82) is 0 Å². The van der Waals surface area contributed by atoms with Crippen LogP contribution in [-0.4, -0.2) is 25.8 Å². The molecule has 0 aliphatic heterocycles. The smallest absolute Gasteiger partial charge is 0.233 e. The number of amides is 1. The number of rotatable bonds is 7. The van der Waals surface area contributed by atoms with Gasteiger partial charge in [-0.3, -0.25) is 10.1 Å². The number of benzene rings is 2. The first-order chi connectivity index (χ1) is 15.4. The molecule has 1 amide bonds. The summed E-state index contributed by atoms with van der Waals surface area (Å²) in [7, 11) is 0. The number of nitrogens with zero attached hydrogens (tertiary/aromatic N) is 4. The molecule has 2 N–H and O–H groups in total. The molecule has 32 heavy (non-hydrogen) atoms. The van der Waals surface area contributed by atoms with Crippen LogP contribution in [0.15, 0.2) is 64.8 Å². The van der Waals surface area contributed by atoms with Crippen LogP contribution in [0.25, 0.3) is 0 Å². The lowest BCUT2D eigenvalue weighted by atomic mass is 10.2. The second-order valence-corrected chi connectivity index (χ2v) is 8.97. The summed E-state index contributed by atoms with van der Waals surface area (Å²) in [6.07, 6.45) is 1.75. The number of thiazole rings is 1. The van der Waals surface area contributed by atoms with Crippen molar-refractivity contribution in [3.63, 3.8) is 0 Å². The van der Waals surface area contributed by atoms with Crippen molar-refractivity contribution >= 4 is 45.8 Å². The molecule has 0 radical (unpaired) electrons. The molecule has 0 unspecified atom stereocenters. The highest BCUT2D eigenvalue weighted by Crippen LogP contribution is 2.29. The zero-order chi connectivity index (χ0) is 22.5. The molecule has 0 spiro atoms. The molecule has 10 heteroatoms. The van der Waals surface area contributed by atoms with Gasteiger partial charge in [-0.25, -0.2) is 14.4 Å². The van der Waals surface area contributed by atoms with Gasteiger partial charge in [-0.1, -0.05) is 24.3 Å². The molecule has 2 aromatic carbocycles. The second kappa shape index (κ2) is 9.84. The Morgan fingerprint density at radius 3 is 2.75 bits per heavy atom. The Morgan fingerprint density at radius 2 is 1.94 bits per heavy atom. The lowest BCUT2D eigenvalue weighted by Gasteiger charge is -2.07. The fourth-order valence-corrected chi connectivity index (χ4v) is 4.49. The molecule has 7 nitrogen and oxygen atoms in total. The van der Waals surface area contributed by atoms with Crippen molar-refractivity contribution in [2.75, 3.05) is 10.6 Å². The molecule has 162 valence electrons. The molecule has 0 atom stereocenters. The summed E-state index contributed by atoms with van der Waals surface area (Å²) in [5, 5.41) is 6.91. The van der Waals surface area contributed by atoms with E-state index in [2.05, 4.69) is 30.6 Å². The topological polar surface area (TPSA) is 92.7 Å². The van der Waals surface area contributed by atoms with Gasteiger partial charge in [0.1, 0.15) is 11.6 Å². The third-order valence-electron chi connectivity index (χ3n) is 4.24. The normalized spacial score (nSPS) is 10.7. The van der Waals surface area contributed by atoms with Crippen molar-refractivity contribution < 1.29 is 9.18 Å². The van der Waals surface area contributed by atoms with E-state index in [4.69, 9.17) is 0 Å². The third kappa shape index (κ3) is 5.86. The lowest BCUT2D eigenvalue weighted by Crippen LogP contribution is -2.13. The summed E-state index contributed by atoms with van der Waals surface area (Å²) >= 11 is 2.79. The number of hydrogen-bond acceptors (Lipinski definition) is 8. The van der Waals surface area contributed by atoms with E-state index in [1.54, 1.807) is 25.3 Å². The molecular formula is C22H19FN6OS2. The minimum Gasteiger partial charge on any atom is -0.326 e. The first-order valence-electron chi connectivity index (χ1n) is 9.68. The minimum atomic E-state index is -0.403. The SMILES string of the molecule is Cc1nc(Nc2ncc(CC(=O)Nc3cccc(F)c3)s2)nc(Sc2ccccc2C)n1. The number of hydrogen-bond donors (Lipinski definition) is 2. The van der Waals surface area contributed by atoms with Crippen LogP contribution in [0.2, 0.25) is 0 Å². The van der Waals surface area contributed by atoms with Crippen LogP contribution >= 0.6 is 23.1 Å². The van der Waals surface area contributed by atoms with Gasteiger partial charge in [-0.15, -0.1) is 11.3 Å². The minimum absolute atomic E-state index is 0.125. The number of aryl methyl sites for hydroxylation is 2. The van der Waals surface area contributed by atoms with E-state index < -0.39 is 5.82 Å². The van der Waals surface area contributed by atoms with Gasteiger partial charge in [0.25, 0.3) is 0 Å². The fraction of sp³-hybridized carbons (Fsp3) is 0.136. The zero-order valence-electron chi connectivity index (χ0n) is 17.3. The summed E-state index contributed by atoms with van der Waals surface area (Å²) in [6.45, 7) is 3.84. The number of aromatic nitrogens is 4. The van der Waals surface area contributed by atoms with Crippen LogP contribution in [0.3, 0.4) is 0 Å². The summed E-state index contributed by atoms with van der Waals surface area (Å²) in [4.78, 5) is 31.6. The molecule has 0 aliphatic carbocycles. The first-order valence-corrected chi connectivity index (χ1v) is 11.3. The fourth-order valence-electron chi connectivity index (χ4n) is 2.80. The van der Waals surface area contributed by atoms with Crippen molar-refractivity contribution in [1.82, 2.24) is 19.9 Å². The molecule has 0 bridgehead atoms. The van der Waals surface area contributed by atoms with E-state index in [-0.39, 0.29) is 12.3 Å². The van der Waals surface area contributed by atoms with Gasteiger partial charge in [-0.05, 0) is 55.4 Å². The predicted octanol–water partition coefficient (Wildman–Crippen LogP) is 5.16. The van der Waals surface area contributed by atoms with Crippen LogP contribution in [0.5, 0.6) is 0 Å². The van der Waals surface area contributed by atoms with Gasteiger partial charge in [0.05, 0.1) is 6.42 Å². The van der Waals surface area contributed by atoms with Gasteiger partial charge in [0, 0.05) is 21.7 Å². The quantitative estimate of drug-likeness (QED) is 0.389. The number of anilines is 3. The molecule has 0 aliphatic rings. The summed E-state index contributed by atoms with van der Waals surface area (Å²) < 4.78 is 13.3. The Morgan fingerprint density at radius 1 is 1.09 bits per heavy atom. The van der Waals surface area contributed by atoms with Crippen molar-refractivity contribution in [3.05, 3.63) is 76.8 Å². The number of carbonyl (C=O) groups excluding carboxylic acids is 1. The predicted molar refractivity (Wildman–Crippen MR) is 124 cm³/mol. The van der Waals surface area contributed by atoms with Crippen LogP contribution in [0.1, 0.15) is 16.3 Å². The van der Waals surface area contributed by atoms with Gasteiger partial charge in [0.15, 0.2) is 10.3 Å². The van der Waals surface area contributed by atoms with Crippen molar-refractivity contribution in [2.24, 2.45) is 0 Å². The molecule has 0 saturated heterocycles. The number of carbonyl (C=O) groups is 1. The lowest BCUT2D eigenvalue weighted by molar-refractivity contribution is -0.115. The Labute approximate surface area is 192 Å². The van der Waals surface area contributed by atoms with Crippen molar-refractivity contribution in [2.45, 2.75) is 30.3 Å². The largest absolute Gasteiger partial charge is 0.326 e. The van der Waals surface area contributed by atoms with Gasteiger partial charge in [-0.2, -0.15) is 9.97 Å². The van der Waals surface area contributed by atoms with E-state index in [0.717, 1.165) is 15.3 Å². The third-order valence-corrected chi connectivity index (χ3v) is 6.19. The zero-order valence-corrected chi connectivity index (χ0v) is 18.9. The average molecular weight is 467 g/mol. The van der Waals surface area contributed by atoms with E-state index >= 15 is 0 Å². The van der Waals surface area contributed by atoms with Crippen LogP contribution in [-0.2, 0) is 11.2 Å². The van der Waals surface area contributed by atoms with Gasteiger partial charge < -0.3 is 5.32 Å². The molecule has 4 aromatic rings. The van der Waals surface area contributed by atoms with E-state index in [9.17, 15) is 9.18 Å². The molecule has 4 rings (SSSR count). The average Bonchev–Trinajstić information content (AvgIpc) is 3.15. The van der Waals surface area contributed by atoms with Crippen LogP contribution in [0.4, 0.5) is 21.2 Å². The standard InChI is InChI=1S/C22H19FN6OS2/c1-13-6-3-4-9-18(13)32-22-26-14(2)25-20(29-22)28-21-24-12-17(31-21)11-19(30)27-16-8-5-7-15(23)10-16/h3-10,12H,11H2,1-2H3,(H,27,30)(H,24,25,26,28,29). The molecule has 2 heterocycles. The molecule has 0 fully saturated rings. The highest BCUT2D eigenvalue weighted by Gasteiger charge is 2.12. The van der Waals surface area contributed by atoms with Crippen LogP contribution in [0, 0.1) is 19.7 Å². The number of nitrogens with one attached hydrogen (secondary N) is 2. The highest BCUT2D eigenvalue weighted by atomic mass is 32.2. The highest BCUT2D eigenvalue weighted by molar-refractivity contribution is 7.99. The molecule has 0 saturated carbocycles. The first kappa shape index (κ1) is 21.8. The van der Waals surface area contributed by atoms with Crippen LogP contribution < -0.4 is 10.6 Å². The Bertz CT molecular complexity index is 1260. The monoisotopic (exact) mass is 466 g/mol. The van der Waals surface area contributed by atoms with E-state index in [1.807, 2.05) is 31.2 Å². The van der Waals surface area contributed by atoms with E-state index in [0.29, 0.717) is 27.7 Å². The number of halogens is 1. The van der Waals surface area contributed by atoms with Crippen molar-refractivity contribution in [3.8, 4) is 0 Å². The van der Waals surface area contributed by atoms with Gasteiger partial charge in [0.2, 0.25) is 11.9 Å². The Kier molecular flexibility index (Phi) is 6.72. The second-order valence-electron chi connectivity index (χ2n) is 6.85. The van der Waals surface area contributed by atoms with Gasteiger partial charge >= 0.3 is 0 Å². The molecule has 2 aromatic heterocycles. The Hall–Kier alpha value is -3.37.